The highest BCUT2D eigenvalue weighted by Gasteiger charge is 2.86. The van der Waals surface area contributed by atoms with Crippen molar-refractivity contribution in [3.05, 3.63) is 47.2 Å². The van der Waals surface area contributed by atoms with Crippen molar-refractivity contribution < 1.29 is 22.4 Å². The quantitative estimate of drug-likeness (QED) is 0.683. The second-order valence-corrected chi connectivity index (χ2v) is 9.33. The fourth-order valence-corrected chi connectivity index (χ4v) is 7.02. The van der Waals surface area contributed by atoms with Crippen molar-refractivity contribution in [3.63, 3.8) is 0 Å². The molecular formula is C22H20F4N4O. The topological polar surface area (TPSA) is 72.1 Å². The highest BCUT2D eigenvalue weighted by Crippen LogP contribution is 2.87. The summed E-state index contributed by atoms with van der Waals surface area (Å²) in [5.74, 6) is -0.148. The van der Waals surface area contributed by atoms with E-state index in [9.17, 15) is 22.4 Å². The van der Waals surface area contributed by atoms with Crippen LogP contribution in [0.1, 0.15) is 23.6 Å². The largest absolute Gasteiger partial charge is 0.369 e. The van der Waals surface area contributed by atoms with Crippen LogP contribution in [0.25, 0.3) is 11.3 Å². The maximum atomic E-state index is 14.3. The molecule has 162 valence electrons. The van der Waals surface area contributed by atoms with Gasteiger partial charge in [-0.25, -0.2) is 17.6 Å². The number of halogens is 4. The number of amides is 1. The van der Waals surface area contributed by atoms with E-state index in [1.54, 1.807) is 6.07 Å². The van der Waals surface area contributed by atoms with Gasteiger partial charge in [-0.05, 0) is 59.8 Å². The summed E-state index contributed by atoms with van der Waals surface area (Å²) >= 11 is 0. The molecule has 0 radical (unpaired) electrons. The first-order valence-electron chi connectivity index (χ1n) is 10.4. The van der Waals surface area contributed by atoms with E-state index in [0.29, 0.717) is 23.7 Å². The van der Waals surface area contributed by atoms with Crippen LogP contribution in [0, 0.1) is 35.3 Å². The van der Waals surface area contributed by atoms with E-state index in [1.807, 2.05) is 0 Å². The molecule has 6 rings (SSSR count). The van der Waals surface area contributed by atoms with Crippen LogP contribution in [0.3, 0.4) is 0 Å². The normalized spacial score (nSPS) is 33.4. The Kier molecular flexibility index (Phi) is 3.86. The zero-order valence-corrected chi connectivity index (χ0v) is 16.4. The Hall–Kier alpha value is -2.55. The van der Waals surface area contributed by atoms with E-state index < -0.39 is 35.9 Å². The van der Waals surface area contributed by atoms with Gasteiger partial charge in [-0.1, -0.05) is 6.07 Å². The Morgan fingerprint density at radius 1 is 1.23 bits per heavy atom. The van der Waals surface area contributed by atoms with Gasteiger partial charge in [0.25, 0.3) is 6.43 Å². The number of rotatable bonds is 7. The van der Waals surface area contributed by atoms with Crippen LogP contribution in [0.15, 0.2) is 24.3 Å². The minimum absolute atomic E-state index is 0.144. The zero-order chi connectivity index (χ0) is 21.7. The smallest absolute Gasteiger partial charge is 0.251 e. The lowest BCUT2D eigenvalue weighted by Crippen LogP contribution is -2.47. The molecule has 2 aromatic rings. The molecule has 0 spiro atoms. The molecule has 4 aliphatic rings. The Labute approximate surface area is 175 Å². The standard InChI is InChI=1S/C22H20F4N4O/c23-12-2-1-3-13(24)18(12)14-5-10-9-4-11-17(9)20-19(11)22(20,21(10)29-28-14)8-30(6-15(25)26)7-16(27)31/h1-3,5,9,11,15,17,19-20H,4,6-8H2,(H2,27,31)/t9?,11?,17?,19?,20?,22-/m1/s1. The summed E-state index contributed by atoms with van der Waals surface area (Å²) in [6, 6.07) is 5.38. The molecule has 1 heterocycles. The molecule has 0 bridgehead atoms. The lowest BCUT2D eigenvalue weighted by atomic mass is 9.51. The summed E-state index contributed by atoms with van der Waals surface area (Å²) in [4.78, 5) is 12.9. The van der Waals surface area contributed by atoms with Crippen molar-refractivity contribution >= 4 is 5.91 Å². The summed E-state index contributed by atoms with van der Waals surface area (Å²) in [6.45, 7) is -0.514. The van der Waals surface area contributed by atoms with Crippen molar-refractivity contribution in [1.82, 2.24) is 15.1 Å². The van der Waals surface area contributed by atoms with E-state index in [1.165, 1.54) is 23.1 Å². The molecule has 5 unspecified atom stereocenters. The molecule has 2 N–H and O–H groups in total. The number of alkyl halides is 2. The number of aromatic nitrogens is 2. The predicted octanol–water partition coefficient (Wildman–Crippen LogP) is 2.70. The molecular weight excluding hydrogens is 412 g/mol. The van der Waals surface area contributed by atoms with Crippen LogP contribution in [-0.4, -0.2) is 47.1 Å². The van der Waals surface area contributed by atoms with E-state index in [-0.39, 0.29) is 30.3 Å². The third-order valence-corrected chi connectivity index (χ3v) is 7.97. The summed E-state index contributed by atoms with van der Waals surface area (Å²) in [5, 5.41) is 8.58. The first kappa shape index (κ1) is 19.2. The van der Waals surface area contributed by atoms with Gasteiger partial charge in [0.15, 0.2) is 0 Å². The molecule has 3 fully saturated rings. The number of nitrogens with two attached hydrogens (primary N) is 1. The number of hydrogen-bond acceptors (Lipinski definition) is 4. The summed E-state index contributed by atoms with van der Waals surface area (Å²) < 4.78 is 54.9. The molecule has 0 saturated heterocycles. The van der Waals surface area contributed by atoms with Crippen LogP contribution >= 0.6 is 0 Å². The number of fused-ring (bicyclic) bond motifs is 5. The minimum atomic E-state index is -2.59. The molecule has 3 saturated carbocycles. The number of benzene rings is 1. The first-order valence-corrected chi connectivity index (χ1v) is 10.4. The van der Waals surface area contributed by atoms with Crippen molar-refractivity contribution in [3.8, 4) is 11.3 Å². The lowest BCUT2D eigenvalue weighted by Gasteiger charge is -2.53. The number of hydrogen-bond donors (Lipinski definition) is 1. The molecule has 1 aromatic heterocycles. The van der Waals surface area contributed by atoms with Crippen molar-refractivity contribution in [2.24, 2.45) is 29.4 Å². The highest BCUT2D eigenvalue weighted by atomic mass is 19.3. The van der Waals surface area contributed by atoms with Gasteiger partial charge in [0, 0.05) is 12.0 Å². The third-order valence-electron chi connectivity index (χ3n) is 7.97. The third kappa shape index (κ3) is 2.43. The first-order chi connectivity index (χ1) is 14.8. The lowest BCUT2D eigenvalue weighted by molar-refractivity contribution is -0.119. The van der Waals surface area contributed by atoms with Crippen molar-refractivity contribution in [1.29, 1.82) is 0 Å². The molecule has 31 heavy (non-hydrogen) atoms. The SMILES string of the molecule is NC(=O)CN(CC(F)F)C[C@]12c3nnc(-c4c(F)cccc4F)cc3C3CC4C3C1C42. The van der Waals surface area contributed by atoms with Crippen LogP contribution in [-0.2, 0) is 10.2 Å². The maximum Gasteiger partial charge on any atom is 0.251 e. The number of nitrogens with zero attached hydrogens (tertiary/aromatic N) is 3. The monoisotopic (exact) mass is 432 g/mol. The molecule has 4 aliphatic carbocycles. The van der Waals surface area contributed by atoms with Gasteiger partial charge in [0.05, 0.1) is 30.0 Å². The number of carbonyl (C=O) groups is 1. The summed E-state index contributed by atoms with van der Waals surface area (Å²) in [6.07, 6.45) is -1.62. The fraction of sp³-hybridized carbons (Fsp3) is 0.500. The van der Waals surface area contributed by atoms with E-state index in [0.717, 1.165) is 17.7 Å². The Morgan fingerprint density at radius 2 is 1.97 bits per heavy atom. The van der Waals surface area contributed by atoms with Gasteiger partial charge >= 0.3 is 0 Å². The molecule has 0 aliphatic heterocycles. The molecule has 9 heteroatoms. The van der Waals surface area contributed by atoms with Gasteiger partial charge in [-0.3, -0.25) is 9.69 Å². The van der Waals surface area contributed by atoms with Gasteiger partial charge in [-0.2, -0.15) is 10.2 Å². The molecule has 1 amide bonds. The van der Waals surface area contributed by atoms with Gasteiger partial charge < -0.3 is 5.73 Å². The summed E-state index contributed by atoms with van der Waals surface area (Å²) in [5.41, 5.74) is 6.46. The van der Waals surface area contributed by atoms with Gasteiger partial charge in [0.2, 0.25) is 5.91 Å². The van der Waals surface area contributed by atoms with Crippen LogP contribution < -0.4 is 5.73 Å². The maximum absolute atomic E-state index is 14.3. The number of primary amides is 1. The second kappa shape index (κ2) is 6.25. The Morgan fingerprint density at radius 3 is 2.65 bits per heavy atom. The average Bonchev–Trinajstić information content (AvgIpc) is 3.27. The summed E-state index contributed by atoms with van der Waals surface area (Å²) in [7, 11) is 0. The van der Waals surface area contributed by atoms with Crippen molar-refractivity contribution in [2.75, 3.05) is 19.6 Å². The van der Waals surface area contributed by atoms with Gasteiger partial charge in [0.1, 0.15) is 11.6 Å². The second-order valence-electron chi connectivity index (χ2n) is 9.33. The Balaban J connectivity index is 1.41. The molecule has 1 aromatic carbocycles. The van der Waals surface area contributed by atoms with Crippen LogP contribution in [0.4, 0.5) is 17.6 Å². The van der Waals surface area contributed by atoms with E-state index in [2.05, 4.69) is 10.2 Å². The van der Waals surface area contributed by atoms with Crippen LogP contribution in [0.2, 0.25) is 0 Å². The Bertz CT molecular complexity index is 1080. The van der Waals surface area contributed by atoms with E-state index in [4.69, 9.17) is 5.73 Å². The molecule has 5 nitrogen and oxygen atoms in total. The number of carbonyl (C=O) groups excluding carboxylic acids is 1. The van der Waals surface area contributed by atoms with Gasteiger partial charge in [-0.15, -0.1) is 0 Å². The minimum Gasteiger partial charge on any atom is -0.369 e. The zero-order valence-electron chi connectivity index (χ0n) is 16.4. The fourth-order valence-electron chi connectivity index (χ4n) is 7.02. The van der Waals surface area contributed by atoms with E-state index >= 15 is 0 Å². The predicted molar refractivity (Wildman–Crippen MR) is 102 cm³/mol. The molecule has 6 atom stereocenters. The highest BCUT2D eigenvalue weighted by molar-refractivity contribution is 5.76. The van der Waals surface area contributed by atoms with Crippen LogP contribution in [0.5, 0.6) is 0 Å². The van der Waals surface area contributed by atoms with Crippen molar-refractivity contribution in [2.45, 2.75) is 24.2 Å². The average molecular weight is 432 g/mol.